The zero-order chi connectivity index (χ0) is 24.0. The predicted molar refractivity (Wildman–Crippen MR) is 137 cm³/mol. The van der Waals surface area contributed by atoms with E-state index in [9.17, 15) is 8.42 Å². The number of sulfonamides is 1. The molecule has 176 valence electrons. The van der Waals surface area contributed by atoms with E-state index in [1.165, 1.54) is 16.3 Å². The number of rotatable bonds is 7. The quantitative estimate of drug-likeness (QED) is 0.358. The molecule has 1 aliphatic rings. The van der Waals surface area contributed by atoms with Crippen molar-refractivity contribution in [3.63, 3.8) is 0 Å². The van der Waals surface area contributed by atoms with Gasteiger partial charge in [0.05, 0.1) is 18.6 Å². The first-order valence-corrected chi connectivity index (χ1v) is 13.2. The first kappa shape index (κ1) is 23.9. The van der Waals surface area contributed by atoms with Crippen molar-refractivity contribution in [1.29, 1.82) is 0 Å². The SMILES string of the molecule is COc1ccc(C(=C=C2CCCCC2)N(Cc2ccccc2)S(=O)(=O)c2ccc(C)cc2)cc1. The Morgan fingerprint density at radius 1 is 0.882 bits per heavy atom. The van der Waals surface area contributed by atoms with E-state index in [-0.39, 0.29) is 11.4 Å². The third-order valence-corrected chi connectivity index (χ3v) is 7.90. The molecule has 4 rings (SSSR count). The van der Waals surface area contributed by atoms with Crippen molar-refractivity contribution in [2.75, 3.05) is 7.11 Å². The van der Waals surface area contributed by atoms with Crippen LogP contribution in [0, 0.1) is 6.92 Å². The summed E-state index contributed by atoms with van der Waals surface area (Å²) in [5, 5.41) is 0. The lowest BCUT2D eigenvalue weighted by Crippen LogP contribution is -2.29. The van der Waals surface area contributed by atoms with Crippen molar-refractivity contribution in [1.82, 2.24) is 4.31 Å². The topological polar surface area (TPSA) is 46.6 Å². The number of nitrogens with zero attached hydrogens (tertiary/aromatic N) is 1. The number of aryl methyl sites for hydroxylation is 1. The Labute approximate surface area is 203 Å². The van der Waals surface area contributed by atoms with Crippen LogP contribution in [0.1, 0.15) is 48.8 Å². The second kappa shape index (κ2) is 10.8. The van der Waals surface area contributed by atoms with Crippen LogP contribution in [0.15, 0.2) is 95.1 Å². The number of hydrogen-bond donors (Lipinski definition) is 0. The van der Waals surface area contributed by atoms with Crippen molar-refractivity contribution in [2.24, 2.45) is 0 Å². The maximum absolute atomic E-state index is 14.1. The fraction of sp³-hybridized carbons (Fsp3) is 0.276. The van der Waals surface area contributed by atoms with E-state index in [4.69, 9.17) is 4.74 Å². The summed E-state index contributed by atoms with van der Waals surface area (Å²) in [4.78, 5) is 0.274. The third kappa shape index (κ3) is 5.61. The fourth-order valence-corrected chi connectivity index (χ4v) is 5.61. The van der Waals surface area contributed by atoms with Crippen LogP contribution in [-0.4, -0.2) is 19.8 Å². The van der Waals surface area contributed by atoms with Crippen LogP contribution in [0.2, 0.25) is 0 Å². The van der Waals surface area contributed by atoms with E-state index in [1.54, 1.807) is 19.2 Å². The van der Waals surface area contributed by atoms with Gasteiger partial charge in [0.15, 0.2) is 0 Å². The Balaban J connectivity index is 1.91. The Bertz CT molecular complexity index is 1260. The molecule has 3 aromatic carbocycles. The highest BCUT2D eigenvalue weighted by Crippen LogP contribution is 2.32. The Morgan fingerprint density at radius 2 is 1.53 bits per heavy atom. The molecule has 0 spiro atoms. The van der Waals surface area contributed by atoms with Crippen LogP contribution in [0.5, 0.6) is 5.75 Å². The fourth-order valence-electron chi connectivity index (χ4n) is 4.17. The van der Waals surface area contributed by atoms with Gasteiger partial charge >= 0.3 is 0 Å². The van der Waals surface area contributed by atoms with Crippen LogP contribution < -0.4 is 4.74 Å². The zero-order valence-corrected chi connectivity index (χ0v) is 20.6. The van der Waals surface area contributed by atoms with Crippen molar-refractivity contribution < 1.29 is 13.2 Å². The molecular formula is C29H31NO3S. The molecule has 3 aromatic rings. The normalized spacial score (nSPS) is 13.8. The number of allylic oxidation sites excluding steroid dienone is 1. The summed E-state index contributed by atoms with van der Waals surface area (Å²) in [7, 11) is -2.22. The summed E-state index contributed by atoms with van der Waals surface area (Å²) in [6, 6.07) is 24.3. The average molecular weight is 474 g/mol. The summed E-state index contributed by atoms with van der Waals surface area (Å²) in [6.07, 6.45) is 5.33. The molecule has 0 atom stereocenters. The van der Waals surface area contributed by atoms with Crippen LogP contribution in [0.25, 0.3) is 5.70 Å². The smallest absolute Gasteiger partial charge is 0.265 e. The van der Waals surface area contributed by atoms with E-state index in [0.717, 1.165) is 48.1 Å². The molecular weight excluding hydrogens is 442 g/mol. The molecule has 1 aliphatic carbocycles. The molecule has 1 fully saturated rings. The number of hydrogen-bond acceptors (Lipinski definition) is 3. The second-order valence-electron chi connectivity index (χ2n) is 8.68. The Hall–Kier alpha value is -3.27. The van der Waals surface area contributed by atoms with Gasteiger partial charge in [0.2, 0.25) is 0 Å². The van der Waals surface area contributed by atoms with E-state index in [0.29, 0.717) is 5.70 Å². The lowest BCUT2D eigenvalue weighted by Gasteiger charge is -2.27. The van der Waals surface area contributed by atoms with Crippen molar-refractivity contribution in [3.05, 3.63) is 107 Å². The molecule has 34 heavy (non-hydrogen) atoms. The first-order chi connectivity index (χ1) is 16.5. The summed E-state index contributed by atoms with van der Waals surface area (Å²) in [5.74, 6) is 0.726. The molecule has 0 amide bonds. The molecule has 1 saturated carbocycles. The van der Waals surface area contributed by atoms with Gasteiger partial charge in [0.25, 0.3) is 10.0 Å². The summed E-state index contributed by atoms with van der Waals surface area (Å²) in [6.45, 7) is 2.17. The van der Waals surface area contributed by atoms with Crippen LogP contribution in [0.4, 0.5) is 0 Å². The Morgan fingerprint density at radius 3 is 2.15 bits per heavy atom. The molecule has 0 aliphatic heterocycles. The molecule has 0 bridgehead atoms. The van der Waals surface area contributed by atoms with Crippen molar-refractivity contribution >= 4 is 15.7 Å². The lowest BCUT2D eigenvalue weighted by atomic mass is 9.95. The van der Waals surface area contributed by atoms with Crippen LogP contribution >= 0.6 is 0 Å². The highest BCUT2D eigenvalue weighted by molar-refractivity contribution is 7.89. The average Bonchev–Trinajstić information content (AvgIpc) is 2.87. The number of ether oxygens (including phenoxy) is 1. The maximum atomic E-state index is 14.1. The van der Waals surface area contributed by atoms with Crippen molar-refractivity contribution in [2.45, 2.75) is 50.5 Å². The highest BCUT2D eigenvalue weighted by Gasteiger charge is 2.28. The van der Waals surface area contributed by atoms with E-state index < -0.39 is 10.0 Å². The van der Waals surface area contributed by atoms with Gasteiger partial charge < -0.3 is 4.74 Å². The van der Waals surface area contributed by atoms with Gasteiger partial charge in [-0.25, -0.2) is 8.42 Å². The van der Waals surface area contributed by atoms with Crippen molar-refractivity contribution in [3.8, 4) is 5.75 Å². The number of benzene rings is 3. The monoisotopic (exact) mass is 473 g/mol. The minimum atomic E-state index is -3.84. The van der Waals surface area contributed by atoms with E-state index in [1.807, 2.05) is 73.7 Å². The van der Waals surface area contributed by atoms with Crippen LogP contribution in [0.3, 0.4) is 0 Å². The molecule has 0 N–H and O–H groups in total. The minimum absolute atomic E-state index is 0.221. The van der Waals surface area contributed by atoms with Gasteiger partial charge in [0, 0.05) is 5.56 Å². The largest absolute Gasteiger partial charge is 0.497 e. The summed E-state index contributed by atoms with van der Waals surface area (Å²) >= 11 is 0. The van der Waals surface area contributed by atoms with Gasteiger partial charge in [-0.3, -0.25) is 4.31 Å². The van der Waals surface area contributed by atoms with Gasteiger partial charge in [-0.2, -0.15) is 0 Å². The number of methoxy groups -OCH3 is 1. The molecule has 0 heterocycles. The third-order valence-electron chi connectivity index (χ3n) is 6.14. The molecule has 4 nitrogen and oxygen atoms in total. The summed E-state index contributed by atoms with van der Waals surface area (Å²) in [5.41, 5.74) is 8.04. The molecule has 0 aromatic heterocycles. The van der Waals surface area contributed by atoms with Gasteiger partial charge in [-0.15, -0.1) is 0 Å². The van der Waals surface area contributed by atoms with E-state index in [2.05, 4.69) is 5.73 Å². The molecule has 0 radical (unpaired) electrons. The molecule has 5 heteroatoms. The van der Waals surface area contributed by atoms with Gasteiger partial charge in [0.1, 0.15) is 11.4 Å². The molecule has 0 unspecified atom stereocenters. The van der Waals surface area contributed by atoms with Gasteiger partial charge in [-0.1, -0.05) is 60.2 Å². The van der Waals surface area contributed by atoms with Crippen LogP contribution in [-0.2, 0) is 16.6 Å². The van der Waals surface area contributed by atoms with Gasteiger partial charge in [-0.05, 0) is 80.1 Å². The standard InChI is InChI=1S/C29H31NO3S/c1-23-13-19-28(20-14-23)34(31,32)30(22-25-11-7-4-8-12-25)29(21-24-9-5-3-6-10-24)26-15-17-27(33-2)18-16-26/h4,7-8,11-20H,3,5-6,9-10,22H2,1-2H3. The zero-order valence-electron chi connectivity index (χ0n) is 19.8. The minimum Gasteiger partial charge on any atom is -0.497 e. The second-order valence-corrected chi connectivity index (χ2v) is 10.5. The lowest BCUT2D eigenvalue weighted by molar-refractivity contribution is 0.414. The molecule has 0 saturated heterocycles. The highest BCUT2D eigenvalue weighted by atomic mass is 32.2. The predicted octanol–water partition coefficient (Wildman–Crippen LogP) is 6.73. The Kier molecular flexibility index (Phi) is 7.56. The first-order valence-electron chi connectivity index (χ1n) is 11.7. The maximum Gasteiger partial charge on any atom is 0.265 e. The van der Waals surface area contributed by atoms with E-state index >= 15 is 0 Å². The summed E-state index contributed by atoms with van der Waals surface area (Å²) < 4.78 is 35.0.